The molecule has 106 valence electrons. The third-order valence-electron chi connectivity index (χ3n) is 3.10. The van der Waals surface area contributed by atoms with Crippen LogP contribution in [0.4, 0.5) is 5.69 Å². The molecule has 0 aliphatic carbocycles. The monoisotopic (exact) mass is 327 g/mol. The van der Waals surface area contributed by atoms with E-state index < -0.39 is 5.54 Å². The maximum atomic E-state index is 12.0. The molecule has 0 aliphatic heterocycles. The molecule has 1 N–H and O–H groups in total. The SMILES string of the molecule is COC(=O)C(C)(CCC(C)C)Nc1cccc(Br)c1. The van der Waals surface area contributed by atoms with Crippen LogP contribution in [0.3, 0.4) is 0 Å². The third-order valence-corrected chi connectivity index (χ3v) is 3.60. The van der Waals surface area contributed by atoms with Crippen LogP contribution >= 0.6 is 15.9 Å². The molecule has 0 saturated carbocycles. The van der Waals surface area contributed by atoms with Gasteiger partial charge in [0.1, 0.15) is 5.54 Å². The van der Waals surface area contributed by atoms with Crippen LogP contribution in [0, 0.1) is 5.92 Å². The van der Waals surface area contributed by atoms with E-state index in [1.54, 1.807) is 0 Å². The molecule has 0 fully saturated rings. The summed E-state index contributed by atoms with van der Waals surface area (Å²) in [4.78, 5) is 12.0. The van der Waals surface area contributed by atoms with Crippen molar-refractivity contribution < 1.29 is 9.53 Å². The molecule has 19 heavy (non-hydrogen) atoms. The molecule has 0 bridgehead atoms. The number of hydrogen-bond donors (Lipinski definition) is 1. The average molecular weight is 328 g/mol. The molecule has 0 radical (unpaired) electrons. The van der Waals surface area contributed by atoms with Gasteiger partial charge in [0.15, 0.2) is 0 Å². The van der Waals surface area contributed by atoms with Crippen molar-refractivity contribution in [3.05, 3.63) is 28.7 Å². The molecule has 1 atom stereocenters. The summed E-state index contributed by atoms with van der Waals surface area (Å²) in [7, 11) is 1.43. The number of ether oxygens (including phenoxy) is 1. The van der Waals surface area contributed by atoms with E-state index >= 15 is 0 Å². The molecule has 0 aliphatic rings. The Morgan fingerprint density at radius 3 is 2.68 bits per heavy atom. The highest BCUT2D eigenvalue weighted by molar-refractivity contribution is 9.10. The number of benzene rings is 1. The summed E-state index contributed by atoms with van der Waals surface area (Å²) in [5.41, 5.74) is 0.214. The maximum absolute atomic E-state index is 12.0. The maximum Gasteiger partial charge on any atom is 0.331 e. The van der Waals surface area contributed by atoms with Gasteiger partial charge in [0.05, 0.1) is 7.11 Å². The zero-order valence-corrected chi connectivity index (χ0v) is 13.6. The molecule has 4 heteroatoms. The van der Waals surface area contributed by atoms with Crippen molar-refractivity contribution in [2.45, 2.75) is 39.2 Å². The Kier molecular flexibility index (Phi) is 5.85. The molecule has 1 rings (SSSR count). The Bertz CT molecular complexity index is 434. The molecule has 1 aromatic rings. The predicted molar refractivity (Wildman–Crippen MR) is 82.3 cm³/mol. The smallest absolute Gasteiger partial charge is 0.331 e. The summed E-state index contributed by atoms with van der Waals surface area (Å²) in [5.74, 6) is 0.321. The van der Waals surface area contributed by atoms with Crippen LogP contribution in [0.1, 0.15) is 33.6 Å². The highest BCUT2D eigenvalue weighted by Gasteiger charge is 2.34. The summed E-state index contributed by atoms with van der Waals surface area (Å²) in [6, 6.07) is 7.79. The van der Waals surface area contributed by atoms with Gasteiger partial charge >= 0.3 is 5.97 Å². The van der Waals surface area contributed by atoms with E-state index in [1.165, 1.54) is 7.11 Å². The summed E-state index contributed by atoms with van der Waals surface area (Å²) < 4.78 is 5.92. The lowest BCUT2D eigenvalue weighted by molar-refractivity contribution is -0.145. The molecular weight excluding hydrogens is 306 g/mol. The number of rotatable bonds is 6. The molecule has 1 aromatic carbocycles. The summed E-state index contributed by atoms with van der Waals surface area (Å²) in [6.07, 6.45) is 1.70. The first-order valence-corrected chi connectivity index (χ1v) is 7.29. The number of anilines is 1. The van der Waals surface area contributed by atoms with Gasteiger partial charge in [0.2, 0.25) is 0 Å². The number of hydrogen-bond acceptors (Lipinski definition) is 3. The van der Waals surface area contributed by atoms with Gasteiger partial charge in [-0.2, -0.15) is 0 Å². The molecule has 0 aromatic heterocycles. The fourth-order valence-corrected chi connectivity index (χ4v) is 2.30. The van der Waals surface area contributed by atoms with Gasteiger partial charge in [-0.15, -0.1) is 0 Å². The minimum atomic E-state index is -0.695. The van der Waals surface area contributed by atoms with Crippen LogP contribution < -0.4 is 5.32 Å². The number of methoxy groups -OCH3 is 1. The Hall–Kier alpha value is -1.03. The second-order valence-corrected chi connectivity index (χ2v) is 6.31. The van der Waals surface area contributed by atoms with E-state index in [4.69, 9.17) is 4.74 Å². The van der Waals surface area contributed by atoms with Crippen molar-refractivity contribution in [2.75, 3.05) is 12.4 Å². The standard InChI is InChI=1S/C15H22BrNO2/c1-11(2)8-9-15(3,14(18)19-4)17-13-7-5-6-12(16)10-13/h5-7,10-11,17H,8-9H2,1-4H3. The average Bonchev–Trinajstić information content (AvgIpc) is 2.35. The Labute approximate surface area is 123 Å². The fraction of sp³-hybridized carbons (Fsp3) is 0.533. The van der Waals surface area contributed by atoms with Gasteiger partial charge in [0, 0.05) is 10.2 Å². The van der Waals surface area contributed by atoms with E-state index in [-0.39, 0.29) is 5.97 Å². The van der Waals surface area contributed by atoms with Gasteiger partial charge in [-0.25, -0.2) is 4.79 Å². The van der Waals surface area contributed by atoms with E-state index in [1.807, 2.05) is 31.2 Å². The summed E-state index contributed by atoms with van der Waals surface area (Å²) >= 11 is 3.43. The number of carbonyl (C=O) groups is 1. The van der Waals surface area contributed by atoms with Crippen LogP contribution in [-0.4, -0.2) is 18.6 Å². The molecule has 0 amide bonds. The van der Waals surface area contributed by atoms with E-state index in [9.17, 15) is 4.79 Å². The van der Waals surface area contributed by atoms with Crippen molar-refractivity contribution in [1.82, 2.24) is 0 Å². The number of halogens is 1. The summed E-state index contributed by atoms with van der Waals surface area (Å²) in [5, 5.41) is 3.30. The first-order valence-electron chi connectivity index (χ1n) is 6.49. The van der Waals surface area contributed by atoms with Crippen molar-refractivity contribution in [3.8, 4) is 0 Å². The molecular formula is C15H22BrNO2. The van der Waals surface area contributed by atoms with E-state index in [0.29, 0.717) is 5.92 Å². The predicted octanol–water partition coefficient (Wildman–Crippen LogP) is 4.23. The quantitative estimate of drug-likeness (QED) is 0.794. The lowest BCUT2D eigenvalue weighted by Gasteiger charge is -2.29. The lowest BCUT2D eigenvalue weighted by atomic mass is 9.91. The first kappa shape index (κ1) is 16.0. The van der Waals surface area contributed by atoms with Crippen molar-refractivity contribution in [2.24, 2.45) is 5.92 Å². The van der Waals surface area contributed by atoms with Crippen molar-refractivity contribution in [3.63, 3.8) is 0 Å². The van der Waals surface area contributed by atoms with E-state index in [0.717, 1.165) is 23.0 Å². The van der Waals surface area contributed by atoms with Gasteiger partial charge in [-0.3, -0.25) is 0 Å². The third kappa shape index (κ3) is 4.86. The highest BCUT2D eigenvalue weighted by atomic mass is 79.9. The van der Waals surface area contributed by atoms with Crippen LogP contribution in [0.2, 0.25) is 0 Å². The van der Waals surface area contributed by atoms with Crippen LogP contribution in [0.15, 0.2) is 28.7 Å². The minimum absolute atomic E-state index is 0.229. The second kappa shape index (κ2) is 6.94. The second-order valence-electron chi connectivity index (χ2n) is 5.39. The zero-order chi connectivity index (χ0) is 14.5. The normalized spacial score (nSPS) is 14.0. The number of carbonyl (C=O) groups excluding carboxylic acids is 1. The van der Waals surface area contributed by atoms with Crippen molar-refractivity contribution >= 4 is 27.6 Å². The topological polar surface area (TPSA) is 38.3 Å². The zero-order valence-electron chi connectivity index (χ0n) is 12.0. The largest absolute Gasteiger partial charge is 0.467 e. The molecule has 0 heterocycles. The minimum Gasteiger partial charge on any atom is -0.467 e. The molecule has 1 unspecified atom stereocenters. The van der Waals surface area contributed by atoms with Gasteiger partial charge in [0.25, 0.3) is 0 Å². The number of nitrogens with one attached hydrogen (secondary N) is 1. The van der Waals surface area contributed by atoms with Crippen LogP contribution in [0.25, 0.3) is 0 Å². The number of esters is 1. The van der Waals surface area contributed by atoms with Gasteiger partial charge < -0.3 is 10.1 Å². The van der Waals surface area contributed by atoms with Crippen molar-refractivity contribution in [1.29, 1.82) is 0 Å². The Morgan fingerprint density at radius 1 is 1.47 bits per heavy atom. The fourth-order valence-electron chi connectivity index (χ4n) is 1.90. The van der Waals surface area contributed by atoms with E-state index in [2.05, 4.69) is 35.1 Å². The Morgan fingerprint density at radius 2 is 2.16 bits per heavy atom. The molecule has 0 saturated heterocycles. The summed E-state index contributed by atoms with van der Waals surface area (Å²) in [6.45, 7) is 6.19. The lowest BCUT2D eigenvalue weighted by Crippen LogP contribution is -2.44. The molecule has 0 spiro atoms. The van der Waals surface area contributed by atoms with Crippen LogP contribution in [0.5, 0.6) is 0 Å². The van der Waals surface area contributed by atoms with Gasteiger partial charge in [-0.1, -0.05) is 35.8 Å². The first-order chi connectivity index (χ1) is 8.87. The highest BCUT2D eigenvalue weighted by Crippen LogP contribution is 2.25. The Balaban J connectivity index is 2.87. The van der Waals surface area contributed by atoms with Crippen LogP contribution in [-0.2, 0) is 9.53 Å². The molecule has 3 nitrogen and oxygen atoms in total. The van der Waals surface area contributed by atoms with Gasteiger partial charge in [-0.05, 0) is 43.9 Å².